The minimum atomic E-state index is -4.84. The van der Waals surface area contributed by atoms with E-state index in [-0.39, 0.29) is 29.1 Å². The summed E-state index contributed by atoms with van der Waals surface area (Å²) in [6, 6.07) is 6.92. The quantitative estimate of drug-likeness (QED) is 0.673. The third kappa shape index (κ3) is 4.69. The second-order valence-corrected chi connectivity index (χ2v) is 6.97. The van der Waals surface area contributed by atoms with Gasteiger partial charge in [0.05, 0.1) is 17.3 Å². The Labute approximate surface area is 161 Å². The van der Waals surface area contributed by atoms with Crippen molar-refractivity contribution >= 4 is 28.1 Å². The molecule has 6 nitrogen and oxygen atoms in total. The molecular weight excluding hydrogens is 395 g/mol. The van der Waals surface area contributed by atoms with Crippen LogP contribution in [0.3, 0.4) is 0 Å². The number of carbonyl (C=O) groups excluding carboxylic acids is 1. The van der Waals surface area contributed by atoms with Crippen LogP contribution in [0.1, 0.15) is 24.0 Å². The monoisotopic (exact) mass is 411 g/mol. The Kier molecular flexibility index (Phi) is 5.68. The van der Waals surface area contributed by atoms with E-state index in [4.69, 9.17) is 0 Å². The second kappa shape index (κ2) is 8.01. The minimum absolute atomic E-state index is 0.0685. The Morgan fingerprint density at radius 2 is 2.11 bits per heavy atom. The van der Waals surface area contributed by atoms with Crippen LogP contribution in [0.15, 0.2) is 40.5 Å². The third-order valence-electron chi connectivity index (χ3n) is 3.77. The fourth-order valence-electron chi connectivity index (χ4n) is 2.65. The SMILES string of the molecule is CCCc1nc2cc(OC(F)(F)F)ccc2c(=O)n1NC(=O)Cc1cccs1. The molecule has 0 atom stereocenters. The van der Waals surface area contributed by atoms with E-state index < -0.39 is 17.7 Å². The zero-order valence-electron chi connectivity index (χ0n) is 14.7. The van der Waals surface area contributed by atoms with E-state index in [1.54, 1.807) is 6.07 Å². The zero-order chi connectivity index (χ0) is 20.3. The summed E-state index contributed by atoms with van der Waals surface area (Å²) in [5, 5.41) is 1.92. The largest absolute Gasteiger partial charge is 0.573 e. The topological polar surface area (TPSA) is 73.2 Å². The number of thiophene rings is 1. The van der Waals surface area contributed by atoms with E-state index >= 15 is 0 Å². The highest BCUT2D eigenvalue weighted by atomic mass is 32.1. The smallest absolute Gasteiger partial charge is 0.406 e. The van der Waals surface area contributed by atoms with Gasteiger partial charge in [-0.15, -0.1) is 24.5 Å². The first kappa shape index (κ1) is 19.9. The second-order valence-electron chi connectivity index (χ2n) is 5.94. The Morgan fingerprint density at radius 1 is 1.32 bits per heavy atom. The highest BCUT2D eigenvalue weighted by Crippen LogP contribution is 2.25. The number of amides is 1. The van der Waals surface area contributed by atoms with E-state index in [9.17, 15) is 22.8 Å². The van der Waals surface area contributed by atoms with Crippen molar-refractivity contribution < 1.29 is 22.7 Å². The van der Waals surface area contributed by atoms with Gasteiger partial charge >= 0.3 is 6.36 Å². The molecule has 1 amide bonds. The zero-order valence-corrected chi connectivity index (χ0v) is 15.6. The van der Waals surface area contributed by atoms with Gasteiger partial charge in [0, 0.05) is 17.4 Å². The Bertz CT molecular complexity index is 1050. The van der Waals surface area contributed by atoms with Crippen LogP contribution in [0.4, 0.5) is 13.2 Å². The number of carbonyl (C=O) groups is 1. The van der Waals surface area contributed by atoms with Gasteiger partial charge in [0.15, 0.2) is 0 Å². The molecule has 0 unspecified atom stereocenters. The van der Waals surface area contributed by atoms with Gasteiger partial charge in [-0.25, -0.2) is 9.66 Å². The average molecular weight is 411 g/mol. The number of nitrogens with one attached hydrogen (secondary N) is 1. The summed E-state index contributed by atoms with van der Waals surface area (Å²) in [4.78, 5) is 30.2. The fraction of sp³-hybridized carbons (Fsp3) is 0.278. The van der Waals surface area contributed by atoms with Crippen molar-refractivity contribution in [2.24, 2.45) is 0 Å². The summed E-state index contributed by atoms with van der Waals surface area (Å²) in [7, 11) is 0. The maximum atomic E-state index is 12.8. The molecule has 10 heteroatoms. The number of aryl methyl sites for hydroxylation is 1. The van der Waals surface area contributed by atoms with E-state index in [2.05, 4.69) is 15.1 Å². The van der Waals surface area contributed by atoms with Gasteiger partial charge < -0.3 is 4.74 Å². The number of aromatic nitrogens is 2. The van der Waals surface area contributed by atoms with E-state index in [0.717, 1.165) is 21.7 Å². The molecule has 28 heavy (non-hydrogen) atoms. The van der Waals surface area contributed by atoms with Gasteiger partial charge in [0.1, 0.15) is 11.6 Å². The molecule has 0 radical (unpaired) electrons. The molecule has 3 aromatic rings. The molecule has 0 fully saturated rings. The minimum Gasteiger partial charge on any atom is -0.406 e. The lowest BCUT2D eigenvalue weighted by Gasteiger charge is -2.15. The van der Waals surface area contributed by atoms with Crippen molar-refractivity contribution in [1.29, 1.82) is 0 Å². The number of alkyl halides is 3. The maximum absolute atomic E-state index is 12.8. The molecule has 148 valence electrons. The van der Waals surface area contributed by atoms with Crippen LogP contribution in [0.2, 0.25) is 0 Å². The van der Waals surface area contributed by atoms with Crippen LogP contribution in [0.25, 0.3) is 10.9 Å². The number of nitrogens with zero attached hydrogens (tertiary/aromatic N) is 2. The first-order valence-electron chi connectivity index (χ1n) is 8.40. The molecule has 0 aliphatic carbocycles. The van der Waals surface area contributed by atoms with Crippen molar-refractivity contribution in [2.45, 2.75) is 32.5 Å². The van der Waals surface area contributed by atoms with E-state index in [0.29, 0.717) is 12.8 Å². The van der Waals surface area contributed by atoms with Gasteiger partial charge in [-0.2, -0.15) is 0 Å². The molecule has 1 aromatic carbocycles. The summed E-state index contributed by atoms with van der Waals surface area (Å²) in [5.41, 5.74) is 2.05. The van der Waals surface area contributed by atoms with Crippen LogP contribution >= 0.6 is 11.3 Å². The van der Waals surface area contributed by atoms with Crippen molar-refractivity contribution in [3.05, 3.63) is 56.8 Å². The molecule has 0 saturated carbocycles. The predicted molar refractivity (Wildman–Crippen MR) is 99.1 cm³/mol. The number of rotatable bonds is 6. The van der Waals surface area contributed by atoms with Crippen LogP contribution in [-0.4, -0.2) is 21.9 Å². The van der Waals surface area contributed by atoms with Crippen LogP contribution in [0, 0.1) is 0 Å². The fourth-order valence-corrected chi connectivity index (χ4v) is 3.35. The third-order valence-corrected chi connectivity index (χ3v) is 4.65. The Morgan fingerprint density at radius 3 is 2.75 bits per heavy atom. The number of halogens is 3. The van der Waals surface area contributed by atoms with Gasteiger partial charge in [-0.3, -0.25) is 15.0 Å². The Balaban J connectivity index is 1.98. The molecule has 0 aliphatic heterocycles. The number of benzene rings is 1. The van der Waals surface area contributed by atoms with Gasteiger partial charge in [-0.1, -0.05) is 13.0 Å². The Hall–Kier alpha value is -2.88. The summed E-state index contributed by atoms with van der Waals surface area (Å²) >= 11 is 1.42. The molecule has 0 spiro atoms. The average Bonchev–Trinajstić information content (AvgIpc) is 3.10. The van der Waals surface area contributed by atoms with Crippen LogP contribution in [-0.2, 0) is 17.6 Å². The van der Waals surface area contributed by atoms with Gasteiger partial charge in [0.25, 0.3) is 5.56 Å². The standard InChI is InChI=1S/C18H16F3N3O3S/c1-2-4-15-22-14-9-11(27-18(19,20)21)6-7-13(14)17(26)24(15)23-16(25)10-12-5-3-8-28-12/h3,5-9H,2,4,10H2,1H3,(H,23,25). The molecule has 3 rings (SSSR count). The number of fused-ring (bicyclic) bond motifs is 1. The lowest BCUT2D eigenvalue weighted by atomic mass is 10.2. The van der Waals surface area contributed by atoms with E-state index in [1.165, 1.54) is 17.4 Å². The molecule has 2 heterocycles. The lowest BCUT2D eigenvalue weighted by Crippen LogP contribution is -2.37. The summed E-state index contributed by atoms with van der Waals surface area (Å²) in [5.74, 6) is -0.599. The normalized spacial score (nSPS) is 11.6. The number of ether oxygens (including phenoxy) is 1. The predicted octanol–water partition coefficient (Wildman–Crippen LogP) is 3.62. The highest BCUT2D eigenvalue weighted by Gasteiger charge is 2.31. The summed E-state index contributed by atoms with van der Waals surface area (Å²) in [6.07, 6.45) is -3.76. The van der Waals surface area contributed by atoms with Crippen LogP contribution < -0.4 is 15.7 Å². The van der Waals surface area contributed by atoms with Gasteiger partial charge in [-0.05, 0) is 30.0 Å². The van der Waals surface area contributed by atoms with Crippen molar-refractivity contribution in [2.75, 3.05) is 5.43 Å². The molecule has 0 aliphatic rings. The first-order chi connectivity index (χ1) is 13.3. The summed E-state index contributed by atoms with van der Waals surface area (Å²) in [6.45, 7) is 1.86. The molecule has 1 N–H and O–H groups in total. The molecule has 0 bridgehead atoms. The highest BCUT2D eigenvalue weighted by molar-refractivity contribution is 7.10. The maximum Gasteiger partial charge on any atom is 0.573 e. The van der Waals surface area contributed by atoms with E-state index in [1.807, 2.05) is 18.4 Å². The number of hydrogen-bond acceptors (Lipinski definition) is 5. The molecule has 2 aromatic heterocycles. The first-order valence-corrected chi connectivity index (χ1v) is 9.28. The van der Waals surface area contributed by atoms with Crippen molar-refractivity contribution in [3.8, 4) is 5.75 Å². The molecule has 0 saturated heterocycles. The van der Waals surface area contributed by atoms with Crippen LogP contribution in [0.5, 0.6) is 5.75 Å². The van der Waals surface area contributed by atoms with Gasteiger partial charge in [0.2, 0.25) is 5.91 Å². The summed E-state index contributed by atoms with van der Waals surface area (Å²) < 4.78 is 42.2. The number of hydrogen-bond donors (Lipinski definition) is 1. The molecular formula is C18H16F3N3O3S. The lowest BCUT2D eigenvalue weighted by molar-refractivity contribution is -0.274. The van der Waals surface area contributed by atoms with Crippen molar-refractivity contribution in [1.82, 2.24) is 9.66 Å². The van der Waals surface area contributed by atoms with Crippen molar-refractivity contribution in [3.63, 3.8) is 0 Å².